The first-order chi connectivity index (χ1) is 13.5. The highest BCUT2D eigenvalue weighted by molar-refractivity contribution is 6.30. The molecule has 0 saturated carbocycles. The van der Waals surface area contributed by atoms with Crippen LogP contribution in [0.15, 0.2) is 54.6 Å². The molecule has 1 aliphatic heterocycles. The van der Waals surface area contributed by atoms with Crippen molar-refractivity contribution < 1.29 is 14.6 Å². The lowest BCUT2D eigenvalue weighted by Crippen LogP contribution is -3.12. The van der Waals surface area contributed by atoms with Gasteiger partial charge in [-0.05, 0) is 23.8 Å². The van der Waals surface area contributed by atoms with Crippen molar-refractivity contribution in [2.24, 2.45) is 0 Å². The molecular weight excluding hydrogens is 378 g/mol. The van der Waals surface area contributed by atoms with Crippen molar-refractivity contribution >= 4 is 29.3 Å². The first-order valence-electron chi connectivity index (χ1n) is 9.30. The number of carbonyl (C=O) groups is 1. The Kier molecular flexibility index (Phi) is 6.79. The van der Waals surface area contributed by atoms with Gasteiger partial charge in [-0.2, -0.15) is 0 Å². The van der Waals surface area contributed by atoms with Gasteiger partial charge >= 0.3 is 0 Å². The zero-order valence-corrected chi connectivity index (χ0v) is 16.2. The number of nitro groups is 1. The molecule has 1 heterocycles. The highest BCUT2D eigenvalue weighted by Crippen LogP contribution is 2.14. The van der Waals surface area contributed by atoms with Crippen molar-refractivity contribution in [1.82, 2.24) is 5.32 Å². The van der Waals surface area contributed by atoms with Crippen LogP contribution in [0.5, 0.6) is 0 Å². The maximum Gasteiger partial charge on any atom is 0.270 e. The number of hydrogen-bond acceptors (Lipinski definition) is 3. The van der Waals surface area contributed by atoms with Gasteiger partial charge in [0.15, 0.2) is 0 Å². The third-order valence-electron chi connectivity index (χ3n) is 4.91. The minimum absolute atomic E-state index is 0.0126. The Morgan fingerprint density at radius 2 is 1.93 bits per heavy atom. The van der Waals surface area contributed by atoms with E-state index in [1.165, 1.54) is 28.7 Å². The fraction of sp³-hybridized carbons (Fsp3) is 0.286. The predicted octanol–water partition coefficient (Wildman–Crippen LogP) is 2.63. The van der Waals surface area contributed by atoms with E-state index in [1.54, 1.807) is 18.2 Å². The van der Waals surface area contributed by atoms with Crippen molar-refractivity contribution in [3.63, 3.8) is 0 Å². The first-order valence-corrected chi connectivity index (χ1v) is 9.68. The molecule has 1 amide bonds. The Balaban J connectivity index is 1.45. The molecule has 3 rings (SSSR count). The van der Waals surface area contributed by atoms with E-state index >= 15 is 0 Å². The minimum atomic E-state index is -0.447. The SMILES string of the molecule is O=C(/C=C/c1cccc([N+](=O)[O-])c1)NC1CC[NH+](Cc2ccc(Cl)cc2)CC1. The smallest absolute Gasteiger partial charge is 0.270 e. The molecule has 0 aliphatic carbocycles. The Morgan fingerprint density at radius 1 is 1.21 bits per heavy atom. The van der Waals surface area contributed by atoms with E-state index in [2.05, 4.69) is 17.4 Å². The van der Waals surface area contributed by atoms with Crippen LogP contribution in [0.1, 0.15) is 24.0 Å². The summed E-state index contributed by atoms with van der Waals surface area (Å²) in [6.45, 7) is 2.97. The van der Waals surface area contributed by atoms with Gasteiger partial charge in [0.25, 0.3) is 5.69 Å². The number of halogens is 1. The van der Waals surface area contributed by atoms with Crippen LogP contribution < -0.4 is 10.2 Å². The normalized spacial score (nSPS) is 19.5. The number of piperidine rings is 1. The molecule has 2 aromatic carbocycles. The molecule has 1 aliphatic rings. The van der Waals surface area contributed by atoms with E-state index in [-0.39, 0.29) is 17.6 Å². The highest BCUT2D eigenvalue weighted by Gasteiger charge is 2.22. The molecule has 0 radical (unpaired) electrons. The molecule has 1 saturated heterocycles. The van der Waals surface area contributed by atoms with Crippen LogP contribution in [0.2, 0.25) is 5.02 Å². The second kappa shape index (κ2) is 9.48. The molecule has 146 valence electrons. The molecular formula is C21H23ClN3O3+. The lowest BCUT2D eigenvalue weighted by molar-refractivity contribution is -0.918. The average molecular weight is 401 g/mol. The van der Waals surface area contributed by atoms with E-state index in [9.17, 15) is 14.9 Å². The number of nitrogens with zero attached hydrogens (tertiary/aromatic N) is 1. The second-order valence-electron chi connectivity index (χ2n) is 7.02. The van der Waals surface area contributed by atoms with E-state index in [0.717, 1.165) is 37.5 Å². The fourth-order valence-electron chi connectivity index (χ4n) is 3.40. The van der Waals surface area contributed by atoms with E-state index in [1.807, 2.05) is 12.1 Å². The largest absolute Gasteiger partial charge is 0.349 e. The molecule has 28 heavy (non-hydrogen) atoms. The highest BCUT2D eigenvalue weighted by atomic mass is 35.5. The average Bonchev–Trinajstić information content (AvgIpc) is 2.70. The summed E-state index contributed by atoms with van der Waals surface area (Å²) in [7, 11) is 0. The van der Waals surface area contributed by atoms with Crippen LogP contribution in [0.4, 0.5) is 5.69 Å². The summed E-state index contributed by atoms with van der Waals surface area (Å²) in [5.74, 6) is -0.169. The molecule has 1 fully saturated rings. The molecule has 0 aromatic heterocycles. The molecule has 0 bridgehead atoms. The molecule has 2 aromatic rings. The van der Waals surface area contributed by atoms with E-state index in [4.69, 9.17) is 11.6 Å². The molecule has 6 nitrogen and oxygen atoms in total. The topological polar surface area (TPSA) is 76.7 Å². The van der Waals surface area contributed by atoms with Crippen LogP contribution in [-0.2, 0) is 11.3 Å². The van der Waals surface area contributed by atoms with E-state index in [0.29, 0.717) is 5.56 Å². The lowest BCUT2D eigenvalue weighted by Gasteiger charge is -2.29. The Labute approximate surface area is 169 Å². The van der Waals surface area contributed by atoms with Gasteiger partial charge in [0.1, 0.15) is 6.54 Å². The summed E-state index contributed by atoms with van der Waals surface area (Å²) in [6.07, 6.45) is 4.90. The van der Waals surface area contributed by atoms with Crippen LogP contribution in [0.25, 0.3) is 6.08 Å². The summed E-state index contributed by atoms with van der Waals surface area (Å²) >= 11 is 5.93. The molecule has 0 unspecified atom stereocenters. The first kappa shape index (κ1) is 20.0. The standard InChI is InChI=1S/C21H22ClN3O3/c22-18-7-4-17(5-8-18)15-24-12-10-19(11-13-24)23-21(26)9-6-16-2-1-3-20(14-16)25(27)28/h1-9,14,19H,10-13,15H2,(H,23,26)/p+1/b9-6+. The number of rotatable bonds is 6. The van der Waals surface area contributed by atoms with Crippen molar-refractivity contribution in [2.45, 2.75) is 25.4 Å². The van der Waals surface area contributed by atoms with Crippen molar-refractivity contribution in [2.75, 3.05) is 13.1 Å². The molecule has 0 atom stereocenters. The van der Waals surface area contributed by atoms with Gasteiger partial charge in [-0.15, -0.1) is 0 Å². The Morgan fingerprint density at radius 3 is 2.61 bits per heavy atom. The zero-order chi connectivity index (χ0) is 19.9. The summed E-state index contributed by atoms with van der Waals surface area (Å²) in [5, 5.41) is 14.6. The van der Waals surface area contributed by atoms with Crippen LogP contribution in [0.3, 0.4) is 0 Å². The molecule has 7 heteroatoms. The maximum absolute atomic E-state index is 12.2. The van der Waals surface area contributed by atoms with Gasteiger partial charge in [0.2, 0.25) is 5.91 Å². The minimum Gasteiger partial charge on any atom is -0.349 e. The second-order valence-corrected chi connectivity index (χ2v) is 7.46. The quantitative estimate of drug-likeness (QED) is 0.444. The summed E-state index contributed by atoms with van der Waals surface area (Å²) < 4.78 is 0. The van der Waals surface area contributed by atoms with Crippen LogP contribution in [0, 0.1) is 10.1 Å². The molecule has 2 N–H and O–H groups in total. The number of hydrogen-bond donors (Lipinski definition) is 2. The third kappa shape index (κ3) is 5.90. The number of quaternary nitrogens is 1. The summed E-state index contributed by atoms with van der Waals surface area (Å²) in [5.41, 5.74) is 1.91. The van der Waals surface area contributed by atoms with Gasteiger partial charge in [-0.3, -0.25) is 14.9 Å². The van der Waals surface area contributed by atoms with Crippen molar-refractivity contribution in [1.29, 1.82) is 0 Å². The van der Waals surface area contributed by atoms with Gasteiger partial charge in [-0.1, -0.05) is 35.9 Å². The van der Waals surface area contributed by atoms with Gasteiger partial charge in [-0.25, -0.2) is 0 Å². The Bertz CT molecular complexity index is 859. The van der Waals surface area contributed by atoms with Crippen LogP contribution in [-0.4, -0.2) is 30.0 Å². The van der Waals surface area contributed by atoms with Crippen molar-refractivity contribution in [3.8, 4) is 0 Å². The van der Waals surface area contributed by atoms with Gasteiger partial charge in [0, 0.05) is 47.7 Å². The van der Waals surface area contributed by atoms with E-state index < -0.39 is 4.92 Å². The molecule has 0 spiro atoms. The number of nitrogens with one attached hydrogen (secondary N) is 2. The number of amides is 1. The van der Waals surface area contributed by atoms with Gasteiger partial charge < -0.3 is 10.2 Å². The predicted molar refractivity (Wildman–Crippen MR) is 109 cm³/mol. The lowest BCUT2D eigenvalue weighted by atomic mass is 10.0. The summed E-state index contributed by atoms with van der Waals surface area (Å²) in [4.78, 5) is 24.0. The number of carbonyl (C=O) groups excluding carboxylic acids is 1. The van der Waals surface area contributed by atoms with Crippen molar-refractivity contribution in [3.05, 3.63) is 80.9 Å². The number of nitro benzene ring substituents is 1. The zero-order valence-electron chi connectivity index (χ0n) is 15.4. The van der Waals surface area contributed by atoms with Crippen LogP contribution >= 0.6 is 11.6 Å². The monoisotopic (exact) mass is 400 g/mol. The third-order valence-corrected chi connectivity index (χ3v) is 5.17. The fourth-order valence-corrected chi connectivity index (χ4v) is 3.53. The van der Waals surface area contributed by atoms with Gasteiger partial charge in [0.05, 0.1) is 18.0 Å². The maximum atomic E-state index is 12.2. The number of likely N-dealkylation sites (tertiary alicyclic amines) is 1. The number of non-ortho nitro benzene ring substituents is 1. The summed E-state index contributed by atoms with van der Waals surface area (Å²) in [6, 6.07) is 14.3. The Hall–Kier alpha value is -2.70. The number of benzene rings is 2.